The lowest BCUT2D eigenvalue weighted by atomic mass is 10.0. The van der Waals surface area contributed by atoms with Gasteiger partial charge in [-0.1, -0.05) is 12.1 Å². The van der Waals surface area contributed by atoms with Crippen LogP contribution in [0.5, 0.6) is 0 Å². The third-order valence-electron chi connectivity index (χ3n) is 5.31. The number of piperidine rings is 1. The molecule has 1 N–H and O–H groups in total. The molecular formula is C19H23FN4O. The Kier molecular flexibility index (Phi) is 4.19. The van der Waals surface area contributed by atoms with Gasteiger partial charge in [0.1, 0.15) is 11.6 Å². The Hall–Kier alpha value is -2.37. The monoisotopic (exact) mass is 342 g/mol. The largest absolute Gasteiger partial charge is 0.355 e. The number of hydrogen-bond donors (Lipinski definition) is 1. The van der Waals surface area contributed by atoms with Crippen LogP contribution >= 0.6 is 0 Å². The van der Waals surface area contributed by atoms with Crippen molar-refractivity contribution >= 4 is 11.7 Å². The Labute approximate surface area is 146 Å². The van der Waals surface area contributed by atoms with Crippen LogP contribution in [0.15, 0.2) is 36.5 Å². The van der Waals surface area contributed by atoms with Crippen LogP contribution in [0.25, 0.3) is 0 Å². The first-order chi connectivity index (χ1) is 12.1. The molecule has 0 radical (unpaired) electrons. The number of carbonyl (C=O) groups excluding carboxylic acids is 1. The molecular weight excluding hydrogens is 319 g/mol. The molecule has 3 atom stereocenters. The molecule has 1 amide bonds. The molecule has 0 spiro atoms. The molecule has 6 heteroatoms. The van der Waals surface area contributed by atoms with Crippen LogP contribution in [0.2, 0.25) is 0 Å². The number of rotatable bonds is 4. The van der Waals surface area contributed by atoms with E-state index in [-0.39, 0.29) is 29.6 Å². The molecule has 2 aliphatic rings. The minimum Gasteiger partial charge on any atom is -0.355 e. The summed E-state index contributed by atoms with van der Waals surface area (Å²) in [6, 6.07) is 8.70. The average Bonchev–Trinajstić information content (AvgIpc) is 3.30. The standard InChI is InChI=1S/C19H23FN4O/c1-23-18(8-9-21-23)24-10-2-3-15(12-24)22-19(25)17-11-16(17)13-4-6-14(20)7-5-13/h4-9,15-17H,2-3,10-12H2,1H3,(H,22,25)/t15-,16+,17-/m1/s1. The fraction of sp³-hybridized carbons (Fsp3) is 0.474. The van der Waals surface area contributed by atoms with Crippen molar-refractivity contribution in [3.05, 3.63) is 47.9 Å². The number of nitrogens with zero attached hydrogens (tertiary/aromatic N) is 3. The summed E-state index contributed by atoms with van der Waals surface area (Å²) in [5.74, 6) is 1.25. The Balaban J connectivity index is 1.34. The first kappa shape index (κ1) is 16.1. The van der Waals surface area contributed by atoms with Gasteiger partial charge >= 0.3 is 0 Å². The second kappa shape index (κ2) is 6.50. The van der Waals surface area contributed by atoms with Crippen LogP contribution < -0.4 is 10.2 Å². The van der Waals surface area contributed by atoms with Gasteiger partial charge in [-0.15, -0.1) is 0 Å². The maximum Gasteiger partial charge on any atom is 0.224 e. The Bertz CT molecular complexity index is 757. The number of anilines is 1. The zero-order valence-electron chi connectivity index (χ0n) is 14.4. The molecule has 1 aromatic heterocycles. The first-order valence-electron chi connectivity index (χ1n) is 8.90. The van der Waals surface area contributed by atoms with Crippen molar-refractivity contribution in [2.24, 2.45) is 13.0 Å². The molecule has 0 unspecified atom stereocenters. The zero-order chi connectivity index (χ0) is 17.4. The van der Waals surface area contributed by atoms with Gasteiger partial charge in [0.05, 0.1) is 6.20 Å². The van der Waals surface area contributed by atoms with Crippen LogP contribution in [-0.2, 0) is 11.8 Å². The fourth-order valence-electron chi connectivity index (χ4n) is 3.85. The molecule has 1 aliphatic heterocycles. The predicted octanol–water partition coefficient (Wildman–Crippen LogP) is 2.45. The molecule has 2 heterocycles. The number of hydrogen-bond acceptors (Lipinski definition) is 3. The van der Waals surface area contributed by atoms with Crippen LogP contribution in [0, 0.1) is 11.7 Å². The van der Waals surface area contributed by atoms with E-state index in [1.807, 2.05) is 17.8 Å². The lowest BCUT2D eigenvalue weighted by Crippen LogP contribution is -2.48. The Morgan fingerprint density at radius 3 is 2.80 bits per heavy atom. The minimum atomic E-state index is -0.233. The molecule has 5 nitrogen and oxygen atoms in total. The van der Waals surface area contributed by atoms with Gasteiger partial charge in [0.2, 0.25) is 5.91 Å². The number of nitrogens with one attached hydrogen (secondary N) is 1. The average molecular weight is 342 g/mol. The highest BCUT2D eigenvalue weighted by Gasteiger charge is 2.44. The summed E-state index contributed by atoms with van der Waals surface area (Å²) in [6.07, 6.45) is 4.72. The van der Waals surface area contributed by atoms with Crippen LogP contribution in [0.3, 0.4) is 0 Å². The van der Waals surface area contributed by atoms with Gasteiger partial charge in [0.25, 0.3) is 0 Å². The quantitative estimate of drug-likeness (QED) is 0.928. The number of halogens is 1. The summed E-state index contributed by atoms with van der Waals surface area (Å²) in [4.78, 5) is 14.8. The third-order valence-corrected chi connectivity index (χ3v) is 5.31. The van der Waals surface area contributed by atoms with Gasteiger partial charge < -0.3 is 10.2 Å². The second-order valence-corrected chi connectivity index (χ2v) is 7.11. The molecule has 1 saturated heterocycles. The normalized spacial score (nSPS) is 25.7. The van der Waals surface area contributed by atoms with Crippen molar-refractivity contribution in [3.8, 4) is 0 Å². The number of benzene rings is 1. The maximum absolute atomic E-state index is 13.0. The fourth-order valence-corrected chi connectivity index (χ4v) is 3.85. The van der Waals surface area contributed by atoms with Gasteiger partial charge in [-0.05, 0) is 42.9 Å². The first-order valence-corrected chi connectivity index (χ1v) is 8.90. The summed E-state index contributed by atoms with van der Waals surface area (Å²) in [7, 11) is 1.94. The van der Waals surface area contributed by atoms with E-state index in [2.05, 4.69) is 15.3 Å². The zero-order valence-corrected chi connectivity index (χ0v) is 14.4. The SMILES string of the molecule is Cn1nccc1N1CCC[C@@H](NC(=O)[C@@H]2C[C@H]2c2ccc(F)cc2)C1. The molecule has 1 aromatic carbocycles. The van der Waals surface area contributed by atoms with Crippen molar-refractivity contribution in [2.45, 2.75) is 31.2 Å². The predicted molar refractivity (Wildman–Crippen MR) is 93.8 cm³/mol. The summed E-state index contributed by atoms with van der Waals surface area (Å²) >= 11 is 0. The highest BCUT2D eigenvalue weighted by molar-refractivity contribution is 5.83. The lowest BCUT2D eigenvalue weighted by Gasteiger charge is -2.34. The number of aryl methyl sites for hydroxylation is 1. The van der Waals surface area contributed by atoms with E-state index in [4.69, 9.17) is 0 Å². The third kappa shape index (κ3) is 3.38. The van der Waals surface area contributed by atoms with E-state index < -0.39 is 0 Å². The van der Waals surface area contributed by atoms with E-state index in [0.29, 0.717) is 0 Å². The number of aromatic nitrogens is 2. The van der Waals surface area contributed by atoms with Crippen LogP contribution in [0.1, 0.15) is 30.7 Å². The van der Waals surface area contributed by atoms with Crippen molar-refractivity contribution in [1.29, 1.82) is 0 Å². The summed E-state index contributed by atoms with van der Waals surface area (Å²) in [5.41, 5.74) is 1.06. The maximum atomic E-state index is 13.0. The lowest BCUT2D eigenvalue weighted by molar-refractivity contribution is -0.123. The number of amides is 1. The topological polar surface area (TPSA) is 50.2 Å². The molecule has 2 aromatic rings. The summed E-state index contributed by atoms with van der Waals surface area (Å²) in [5, 5.41) is 7.45. The Morgan fingerprint density at radius 2 is 2.08 bits per heavy atom. The van der Waals surface area contributed by atoms with Crippen molar-refractivity contribution < 1.29 is 9.18 Å². The van der Waals surface area contributed by atoms with E-state index in [1.165, 1.54) is 12.1 Å². The molecule has 0 bridgehead atoms. The number of carbonyl (C=O) groups is 1. The van der Waals surface area contributed by atoms with Gasteiger partial charge in [-0.2, -0.15) is 5.10 Å². The highest BCUT2D eigenvalue weighted by Crippen LogP contribution is 2.47. The molecule has 1 saturated carbocycles. The highest BCUT2D eigenvalue weighted by atomic mass is 19.1. The van der Waals surface area contributed by atoms with Gasteiger partial charge in [0.15, 0.2) is 0 Å². The van der Waals surface area contributed by atoms with Crippen molar-refractivity contribution in [1.82, 2.24) is 15.1 Å². The smallest absolute Gasteiger partial charge is 0.224 e. The van der Waals surface area contributed by atoms with E-state index >= 15 is 0 Å². The molecule has 132 valence electrons. The minimum absolute atomic E-state index is 0.0255. The van der Waals surface area contributed by atoms with Crippen LogP contribution in [0.4, 0.5) is 10.2 Å². The molecule has 1 aliphatic carbocycles. The van der Waals surface area contributed by atoms with Gasteiger partial charge in [-0.25, -0.2) is 4.39 Å². The van der Waals surface area contributed by atoms with Gasteiger partial charge in [0, 0.05) is 38.2 Å². The molecule has 4 rings (SSSR count). The second-order valence-electron chi connectivity index (χ2n) is 7.11. The molecule has 25 heavy (non-hydrogen) atoms. The van der Waals surface area contributed by atoms with Crippen molar-refractivity contribution in [2.75, 3.05) is 18.0 Å². The van der Waals surface area contributed by atoms with Gasteiger partial charge in [-0.3, -0.25) is 9.48 Å². The van der Waals surface area contributed by atoms with Crippen LogP contribution in [-0.4, -0.2) is 34.8 Å². The van der Waals surface area contributed by atoms with E-state index in [0.717, 1.165) is 43.7 Å². The Morgan fingerprint density at radius 1 is 1.28 bits per heavy atom. The molecule has 2 fully saturated rings. The van der Waals surface area contributed by atoms with E-state index in [9.17, 15) is 9.18 Å². The summed E-state index contributed by atoms with van der Waals surface area (Å²) < 4.78 is 14.9. The summed E-state index contributed by atoms with van der Waals surface area (Å²) in [6.45, 7) is 1.81. The van der Waals surface area contributed by atoms with E-state index in [1.54, 1.807) is 18.3 Å². The van der Waals surface area contributed by atoms with Crippen molar-refractivity contribution in [3.63, 3.8) is 0 Å².